The monoisotopic (exact) mass is 317 g/mol. The maximum Gasteiger partial charge on any atom is 0.214 e. The van der Waals surface area contributed by atoms with E-state index < -0.39 is 21.4 Å². The van der Waals surface area contributed by atoms with Crippen LogP contribution < -0.4 is 5.32 Å². The number of Topliss-reactive ketones (excluding diaryl/α,β-unsaturated/α-hetero) is 1. The minimum Gasteiger partial charge on any atom is -0.354 e. The Morgan fingerprint density at radius 1 is 1.05 bits per heavy atom. The van der Waals surface area contributed by atoms with Crippen molar-refractivity contribution in [2.45, 2.75) is 11.8 Å². The molecule has 4 nitrogen and oxygen atoms in total. The smallest absolute Gasteiger partial charge is 0.214 e. The van der Waals surface area contributed by atoms with Crippen molar-refractivity contribution in [3.05, 3.63) is 70.5 Å². The van der Waals surface area contributed by atoms with Crippen molar-refractivity contribution < 1.29 is 17.6 Å². The van der Waals surface area contributed by atoms with Gasteiger partial charge in [-0.15, -0.1) is 0 Å². The number of carbonyl (C=O) groups excluding carboxylic acids is 1. The fraction of sp³-hybridized carbons (Fsp3) is 0.0625. The zero-order chi connectivity index (χ0) is 15.9. The summed E-state index contributed by atoms with van der Waals surface area (Å²) in [5.74, 6) is -1.29. The van der Waals surface area contributed by atoms with Crippen LogP contribution in [-0.4, -0.2) is 14.2 Å². The van der Waals surface area contributed by atoms with E-state index in [2.05, 4.69) is 5.32 Å². The van der Waals surface area contributed by atoms with Crippen LogP contribution in [0.4, 0.5) is 10.1 Å². The molecular formula is C16H12FNO3S. The third kappa shape index (κ3) is 2.12. The van der Waals surface area contributed by atoms with E-state index in [0.29, 0.717) is 0 Å². The number of allylic oxidation sites excluding steroid dienone is 2. The summed E-state index contributed by atoms with van der Waals surface area (Å²) in [6, 6.07) is 11.9. The van der Waals surface area contributed by atoms with Crippen molar-refractivity contribution in [1.29, 1.82) is 0 Å². The van der Waals surface area contributed by atoms with E-state index in [4.69, 9.17) is 0 Å². The quantitative estimate of drug-likeness (QED) is 0.864. The summed E-state index contributed by atoms with van der Waals surface area (Å²) in [5.41, 5.74) is 0.262. The predicted octanol–water partition coefficient (Wildman–Crippen LogP) is 3.14. The number of hydrogen-bond acceptors (Lipinski definition) is 4. The number of benzene rings is 2. The number of halogens is 1. The lowest BCUT2D eigenvalue weighted by molar-refractivity contribution is 0.104. The second-order valence-corrected chi connectivity index (χ2v) is 6.75. The van der Waals surface area contributed by atoms with E-state index in [9.17, 15) is 17.6 Å². The zero-order valence-electron chi connectivity index (χ0n) is 11.6. The molecule has 0 radical (unpaired) electrons. The van der Waals surface area contributed by atoms with Gasteiger partial charge in [0.15, 0.2) is 0 Å². The van der Waals surface area contributed by atoms with Crippen LogP contribution in [0.15, 0.2) is 64.0 Å². The summed E-state index contributed by atoms with van der Waals surface area (Å²) in [4.78, 5) is 12.0. The number of nitrogens with one attached hydrogen (secondary N) is 1. The molecule has 1 aliphatic heterocycles. The van der Waals surface area contributed by atoms with Gasteiger partial charge >= 0.3 is 0 Å². The van der Waals surface area contributed by atoms with E-state index in [1.807, 2.05) is 0 Å². The molecule has 0 spiro atoms. The summed E-state index contributed by atoms with van der Waals surface area (Å²) >= 11 is 0. The van der Waals surface area contributed by atoms with Crippen LogP contribution in [0.1, 0.15) is 17.3 Å². The molecule has 0 amide bonds. The molecule has 112 valence electrons. The molecule has 2 aromatic rings. The summed E-state index contributed by atoms with van der Waals surface area (Å²) in [6.07, 6.45) is 0. The van der Waals surface area contributed by atoms with Gasteiger partial charge < -0.3 is 5.32 Å². The molecule has 2 aromatic carbocycles. The molecule has 3 rings (SSSR count). The number of para-hydroxylation sites is 1. The van der Waals surface area contributed by atoms with E-state index in [-0.39, 0.29) is 26.7 Å². The Morgan fingerprint density at radius 3 is 2.41 bits per heavy atom. The summed E-state index contributed by atoms with van der Waals surface area (Å²) in [6.45, 7) is 1.45. The van der Waals surface area contributed by atoms with Crippen LogP contribution in [-0.2, 0) is 9.84 Å². The number of carbonyl (C=O) groups is 1. The zero-order valence-corrected chi connectivity index (χ0v) is 12.4. The van der Waals surface area contributed by atoms with Gasteiger partial charge in [-0.1, -0.05) is 36.4 Å². The van der Waals surface area contributed by atoms with Crippen LogP contribution in [0.5, 0.6) is 0 Å². The minimum absolute atomic E-state index is 0.117. The van der Waals surface area contributed by atoms with Gasteiger partial charge in [0.05, 0.1) is 10.6 Å². The van der Waals surface area contributed by atoms with E-state index in [1.165, 1.54) is 25.1 Å². The Bertz CT molecular complexity index is 902. The first-order chi connectivity index (χ1) is 10.4. The van der Waals surface area contributed by atoms with Gasteiger partial charge in [0, 0.05) is 11.3 Å². The first kappa shape index (κ1) is 14.5. The van der Waals surface area contributed by atoms with Gasteiger partial charge in [-0.05, 0) is 19.1 Å². The highest BCUT2D eigenvalue weighted by molar-refractivity contribution is 7.96. The number of rotatable bonds is 2. The predicted molar refractivity (Wildman–Crippen MR) is 80.7 cm³/mol. The highest BCUT2D eigenvalue weighted by atomic mass is 32.2. The van der Waals surface area contributed by atoms with Gasteiger partial charge in [0.25, 0.3) is 0 Å². The van der Waals surface area contributed by atoms with Crippen molar-refractivity contribution in [3.8, 4) is 0 Å². The molecule has 6 heteroatoms. The Morgan fingerprint density at radius 2 is 1.73 bits per heavy atom. The van der Waals surface area contributed by atoms with Crippen molar-refractivity contribution in [2.75, 3.05) is 5.32 Å². The molecule has 1 N–H and O–H groups in total. The molecule has 1 heterocycles. The second-order valence-electron chi connectivity index (χ2n) is 4.89. The van der Waals surface area contributed by atoms with Crippen molar-refractivity contribution in [2.24, 2.45) is 0 Å². The standard InChI is InChI=1S/C16H12FNO3S/c1-10-16(15(19)11-6-3-2-4-7-11)22(20,21)13-9-5-8-12(17)14(13)18-10/h2-9,18H,1H3. The van der Waals surface area contributed by atoms with E-state index in [1.54, 1.807) is 30.3 Å². The largest absolute Gasteiger partial charge is 0.354 e. The normalized spacial score (nSPS) is 15.9. The van der Waals surface area contributed by atoms with Crippen LogP contribution in [0, 0.1) is 5.82 Å². The topological polar surface area (TPSA) is 63.2 Å². The van der Waals surface area contributed by atoms with Gasteiger partial charge in [-0.2, -0.15) is 0 Å². The van der Waals surface area contributed by atoms with Gasteiger partial charge in [0.1, 0.15) is 10.7 Å². The van der Waals surface area contributed by atoms with Crippen LogP contribution in [0.25, 0.3) is 0 Å². The van der Waals surface area contributed by atoms with E-state index >= 15 is 0 Å². The Hall–Kier alpha value is -2.47. The van der Waals surface area contributed by atoms with E-state index in [0.717, 1.165) is 0 Å². The van der Waals surface area contributed by atoms with Crippen LogP contribution in [0.2, 0.25) is 0 Å². The lowest BCUT2D eigenvalue weighted by atomic mass is 10.1. The first-order valence-electron chi connectivity index (χ1n) is 6.54. The average molecular weight is 317 g/mol. The van der Waals surface area contributed by atoms with Crippen molar-refractivity contribution >= 4 is 21.3 Å². The van der Waals surface area contributed by atoms with Gasteiger partial charge in [-0.3, -0.25) is 4.79 Å². The molecule has 0 saturated heterocycles. The molecule has 0 atom stereocenters. The molecule has 0 aromatic heterocycles. The SMILES string of the molecule is CC1=C(C(=O)c2ccccc2)S(=O)(=O)c2cccc(F)c2N1. The molecular weight excluding hydrogens is 305 g/mol. The third-order valence-electron chi connectivity index (χ3n) is 3.43. The lowest BCUT2D eigenvalue weighted by Crippen LogP contribution is -2.24. The fourth-order valence-electron chi connectivity index (χ4n) is 2.42. The number of ketones is 1. The summed E-state index contributed by atoms with van der Waals surface area (Å²) in [5, 5.41) is 2.69. The van der Waals surface area contributed by atoms with Gasteiger partial charge in [0.2, 0.25) is 15.6 Å². The maximum atomic E-state index is 13.8. The first-order valence-corrected chi connectivity index (χ1v) is 8.02. The second kappa shape index (κ2) is 5.06. The highest BCUT2D eigenvalue weighted by Gasteiger charge is 2.36. The minimum atomic E-state index is -4.07. The number of fused-ring (bicyclic) bond motifs is 1. The summed E-state index contributed by atoms with van der Waals surface area (Å²) < 4.78 is 39.2. The maximum absolute atomic E-state index is 13.8. The highest BCUT2D eigenvalue weighted by Crippen LogP contribution is 2.37. The lowest BCUT2D eigenvalue weighted by Gasteiger charge is -2.22. The number of anilines is 1. The Balaban J connectivity index is 2.20. The van der Waals surface area contributed by atoms with Crippen molar-refractivity contribution in [3.63, 3.8) is 0 Å². The molecule has 0 fully saturated rings. The Labute approximate surface area is 127 Å². The van der Waals surface area contributed by atoms with Gasteiger partial charge in [-0.25, -0.2) is 12.8 Å². The van der Waals surface area contributed by atoms with Crippen molar-refractivity contribution in [1.82, 2.24) is 0 Å². The molecule has 0 bridgehead atoms. The molecule has 0 unspecified atom stereocenters. The number of hydrogen-bond donors (Lipinski definition) is 1. The Kier molecular flexibility index (Phi) is 3.33. The summed E-state index contributed by atoms with van der Waals surface area (Å²) in [7, 11) is -4.07. The number of sulfone groups is 1. The van der Waals surface area contributed by atoms with Crippen LogP contribution >= 0.6 is 0 Å². The molecule has 1 aliphatic rings. The average Bonchev–Trinajstić information content (AvgIpc) is 2.49. The molecule has 0 saturated carbocycles. The molecule has 22 heavy (non-hydrogen) atoms. The molecule has 0 aliphatic carbocycles. The van der Waals surface area contributed by atoms with Crippen LogP contribution in [0.3, 0.4) is 0 Å². The fourth-order valence-corrected chi connectivity index (χ4v) is 4.13. The third-order valence-corrected chi connectivity index (χ3v) is 5.38.